The molecule has 7 nitrogen and oxygen atoms in total. The molecular weight excluding hydrogens is 388 g/mol. The van der Waals surface area contributed by atoms with Gasteiger partial charge in [0.25, 0.3) is 5.91 Å². The van der Waals surface area contributed by atoms with Crippen molar-refractivity contribution in [3.63, 3.8) is 0 Å². The van der Waals surface area contributed by atoms with Crippen molar-refractivity contribution in [2.45, 2.75) is 50.5 Å². The number of hydrogen-bond acceptors (Lipinski definition) is 6. The first-order chi connectivity index (χ1) is 14.2. The first-order valence-electron chi connectivity index (χ1n) is 9.92. The maximum absolute atomic E-state index is 12.3. The summed E-state index contributed by atoms with van der Waals surface area (Å²) in [5.41, 5.74) is 3.88. The van der Waals surface area contributed by atoms with E-state index in [9.17, 15) is 4.79 Å². The molecule has 0 radical (unpaired) electrons. The SMILES string of the molecule is O=C(NCc1cn2c(n1)SCC2)c1cc(COc2ccc3c(c2)CCCC3)on1. The molecule has 8 heteroatoms. The molecule has 1 N–H and O–H groups in total. The van der Waals surface area contributed by atoms with Crippen LogP contribution in [0.3, 0.4) is 0 Å². The second kappa shape index (κ2) is 7.94. The van der Waals surface area contributed by atoms with Crippen molar-refractivity contribution >= 4 is 17.7 Å². The lowest BCUT2D eigenvalue weighted by atomic mass is 9.92. The Balaban J connectivity index is 1.15. The molecule has 1 aromatic carbocycles. The number of nitrogens with one attached hydrogen (secondary N) is 1. The van der Waals surface area contributed by atoms with Crippen molar-refractivity contribution in [1.82, 2.24) is 20.0 Å². The van der Waals surface area contributed by atoms with E-state index in [1.54, 1.807) is 17.8 Å². The highest BCUT2D eigenvalue weighted by molar-refractivity contribution is 7.99. The monoisotopic (exact) mass is 410 g/mol. The van der Waals surface area contributed by atoms with Gasteiger partial charge in [-0.15, -0.1) is 0 Å². The molecule has 1 aliphatic heterocycles. The van der Waals surface area contributed by atoms with Crippen LogP contribution in [0.5, 0.6) is 5.75 Å². The molecule has 29 heavy (non-hydrogen) atoms. The Morgan fingerprint density at radius 2 is 2.14 bits per heavy atom. The molecule has 0 saturated heterocycles. The number of hydrogen-bond donors (Lipinski definition) is 1. The molecular formula is C21H22N4O3S. The first kappa shape index (κ1) is 18.3. The van der Waals surface area contributed by atoms with Crippen molar-refractivity contribution < 1.29 is 14.1 Å². The summed E-state index contributed by atoms with van der Waals surface area (Å²) in [6, 6.07) is 7.87. The van der Waals surface area contributed by atoms with Gasteiger partial charge in [0.05, 0.1) is 12.2 Å². The van der Waals surface area contributed by atoms with Crippen LogP contribution < -0.4 is 10.1 Å². The molecule has 150 valence electrons. The minimum atomic E-state index is -0.283. The van der Waals surface area contributed by atoms with E-state index in [2.05, 4.69) is 32.2 Å². The summed E-state index contributed by atoms with van der Waals surface area (Å²) in [5, 5.41) is 7.71. The van der Waals surface area contributed by atoms with Gasteiger partial charge >= 0.3 is 0 Å². The van der Waals surface area contributed by atoms with Gasteiger partial charge in [0, 0.05) is 24.6 Å². The van der Waals surface area contributed by atoms with Crippen LogP contribution >= 0.6 is 11.8 Å². The van der Waals surface area contributed by atoms with Crippen LogP contribution in [0.4, 0.5) is 0 Å². The molecule has 1 aliphatic carbocycles. The lowest BCUT2D eigenvalue weighted by Crippen LogP contribution is -2.23. The van der Waals surface area contributed by atoms with Crippen LogP contribution in [0.1, 0.15) is 45.9 Å². The summed E-state index contributed by atoms with van der Waals surface area (Å²) in [5.74, 6) is 2.11. The minimum absolute atomic E-state index is 0.240. The summed E-state index contributed by atoms with van der Waals surface area (Å²) in [6.45, 7) is 1.58. The topological polar surface area (TPSA) is 82.2 Å². The van der Waals surface area contributed by atoms with Gasteiger partial charge in [-0.3, -0.25) is 4.79 Å². The predicted molar refractivity (Wildman–Crippen MR) is 108 cm³/mol. The number of imidazole rings is 1. The van der Waals surface area contributed by atoms with E-state index >= 15 is 0 Å². The summed E-state index contributed by atoms with van der Waals surface area (Å²) >= 11 is 1.73. The highest BCUT2D eigenvalue weighted by Crippen LogP contribution is 2.26. The summed E-state index contributed by atoms with van der Waals surface area (Å²) in [6.07, 6.45) is 6.74. The van der Waals surface area contributed by atoms with Gasteiger partial charge in [-0.05, 0) is 48.9 Å². The van der Waals surface area contributed by atoms with Crippen LogP contribution in [0.15, 0.2) is 40.1 Å². The molecule has 3 aromatic rings. The van der Waals surface area contributed by atoms with Gasteiger partial charge in [-0.25, -0.2) is 4.98 Å². The quantitative estimate of drug-likeness (QED) is 0.671. The van der Waals surface area contributed by atoms with Crippen molar-refractivity contribution in [2.75, 3.05) is 5.75 Å². The van der Waals surface area contributed by atoms with E-state index in [0.717, 1.165) is 41.7 Å². The lowest BCUT2D eigenvalue weighted by molar-refractivity contribution is 0.0941. The Morgan fingerprint density at radius 1 is 1.24 bits per heavy atom. The fourth-order valence-electron chi connectivity index (χ4n) is 3.75. The molecule has 1 amide bonds. The number of aromatic nitrogens is 3. The molecule has 2 aromatic heterocycles. The summed E-state index contributed by atoms with van der Waals surface area (Å²) in [4.78, 5) is 16.8. The zero-order valence-electron chi connectivity index (χ0n) is 16.0. The Labute approximate surface area is 172 Å². The second-order valence-corrected chi connectivity index (χ2v) is 8.41. The molecule has 0 spiro atoms. The summed E-state index contributed by atoms with van der Waals surface area (Å²) in [7, 11) is 0. The van der Waals surface area contributed by atoms with Crippen LogP contribution in [0.2, 0.25) is 0 Å². The number of aryl methyl sites for hydroxylation is 3. The fraction of sp³-hybridized carbons (Fsp3) is 0.381. The molecule has 3 heterocycles. The smallest absolute Gasteiger partial charge is 0.273 e. The number of carbonyl (C=O) groups excluding carboxylic acids is 1. The van der Waals surface area contributed by atoms with Crippen molar-refractivity contribution in [3.8, 4) is 5.75 Å². The number of amides is 1. The van der Waals surface area contributed by atoms with Crippen molar-refractivity contribution in [1.29, 1.82) is 0 Å². The number of fused-ring (bicyclic) bond motifs is 2. The molecule has 0 bridgehead atoms. The summed E-state index contributed by atoms with van der Waals surface area (Å²) < 4.78 is 13.2. The highest BCUT2D eigenvalue weighted by atomic mass is 32.2. The van der Waals surface area contributed by atoms with Crippen LogP contribution in [-0.2, 0) is 32.5 Å². The Bertz CT molecular complexity index is 1020. The number of ether oxygens (including phenoxy) is 1. The Kier molecular flexibility index (Phi) is 5.01. The average Bonchev–Trinajstić information content (AvgIpc) is 3.46. The van der Waals surface area contributed by atoms with E-state index in [4.69, 9.17) is 9.26 Å². The highest BCUT2D eigenvalue weighted by Gasteiger charge is 2.17. The van der Waals surface area contributed by atoms with Crippen LogP contribution in [0, 0.1) is 0 Å². The second-order valence-electron chi connectivity index (χ2n) is 7.34. The van der Waals surface area contributed by atoms with Crippen LogP contribution in [0.25, 0.3) is 0 Å². The fourth-order valence-corrected chi connectivity index (χ4v) is 4.71. The Morgan fingerprint density at radius 3 is 3.03 bits per heavy atom. The third kappa shape index (κ3) is 4.03. The van der Waals surface area contributed by atoms with Gasteiger partial charge in [0.15, 0.2) is 16.6 Å². The van der Waals surface area contributed by atoms with Gasteiger partial charge < -0.3 is 19.1 Å². The van der Waals surface area contributed by atoms with Gasteiger partial charge in [0.1, 0.15) is 12.4 Å². The first-order valence-corrected chi connectivity index (χ1v) is 10.9. The van der Waals surface area contributed by atoms with E-state index in [1.165, 1.54) is 24.0 Å². The standard InChI is InChI=1S/C21H22N4O3S/c26-20(22-11-16-12-25-7-8-29-21(25)23-16)19-10-18(28-24-19)13-27-17-6-5-14-3-1-2-4-15(14)9-17/h5-6,9-10,12H,1-4,7-8,11,13H2,(H,22,26). The van der Waals surface area contributed by atoms with Gasteiger partial charge in [-0.2, -0.15) is 0 Å². The molecule has 0 saturated carbocycles. The minimum Gasteiger partial charge on any atom is -0.486 e. The molecule has 0 fully saturated rings. The van der Waals surface area contributed by atoms with E-state index < -0.39 is 0 Å². The maximum Gasteiger partial charge on any atom is 0.273 e. The zero-order valence-corrected chi connectivity index (χ0v) is 16.8. The van der Waals surface area contributed by atoms with E-state index in [1.807, 2.05) is 12.3 Å². The number of thioether (sulfide) groups is 1. The van der Waals surface area contributed by atoms with Crippen LogP contribution in [-0.4, -0.2) is 26.4 Å². The molecule has 0 unspecified atom stereocenters. The molecule has 0 atom stereocenters. The van der Waals surface area contributed by atoms with E-state index in [0.29, 0.717) is 12.3 Å². The third-order valence-corrected chi connectivity index (χ3v) is 6.25. The van der Waals surface area contributed by atoms with E-state index in [-0.39, 0.29) is 18.2 Å². The average molecular weight is 410 g/mol. The Hall–Kier alpha value is -2.74. The predicted octanol–water partition coefficient (Wildman–Crippen LogP) is 3.36. The number of benzene rings is 1. The number of rotatable bonds is 6. The number of carbonyl (C=O) groups is 1. The molecule has 2 aliphatic rings. The normalized spacial score (nSPS) is 15.0. The lowest BCUT2D eigenvalue weighted by Gasteiger charge is -2.16. The van der Waals surface area contributed by atoms with Gasteiger partial charge in [0.2, 0.25) is 0 Å². The zero-order chi connectivity index (χ0) is 19.6. The van der Waals surface area contributed by atoms with Crippen molar-refractivity contribution in [3.05, 3.63) is 58.7 Å². The maximum atomic E-state index is 12.3. The largest absolute Gasteiger partial charge is 0.486 e. The number of nitrogens with zero attached hydrogens (tertiary/aromatic N) is 3. The third-order valence-electron chi connectivity index (χ3n) is 5.28. The molecule has 5 rings (SSSR count). The van der Waals surface area contributed by atoms with Crippen molar-refractivity contribution in [2.24, 2.45) is 0 Å². The van der Waals surface area contributed by atoms with Gasteiger partial charge in [-0.1, -0.05) is 23.0 Å².